The average Bonchev–Trinajstić information content (AvgIpc) is 2.86. The molecule has 1 saturated carbocycles. The molecule has 1 fully saturated rings. The minimum Gasteiger partial charge on any atom is -0.370 e. The van der Waals surface area contributed by atoms with Gasteiger partial charge in [-0.25, -0.2) is 0 Å². The molecule has 4 nitrogen and oxygen atoms in total. The second-order valence-electron chi connectivity index (χ2n) is 5.03. The molecule has 0 unspecified atom stereocenters. The largest absolute Gasteiger partial charge is 0.370 e. The van der Waals surface area contributed by atoms with E-state index in [1.54, 1.807) is 0 Å². The highest BCUT2D eigenvalue weighted by atomic mass is 16.5. The molecule has 4 heteroatoms. The van der Waals surface area contributed by atoms with Crippen molar-refractivity contribution in [2.24, 2.45) is 0 Å². The van der Waals surface area contributed by atoms with Crippen LogP contribution >= 0.6 is 0 Å². The lowest BCUT2D eigenvalue weighted by atomic mass is 9.98. The van der Waals surface area contributed by atoms with Gasteiger partial charge in [0.15, 0.2) is 5.76 Å². The summed E-state index contributed by atoms with van der Waals surface area (Å²) < 4.78 is 11.1. The van der Waals surface area contributed by atoms with Gasteiger partial charge in [0, 0.05) is 12.6 Å². The van der Waals surface area contributed by atoms with Gasteiger partial charge in [-0.1, -0.05) is 31.3 Å². The average molecular weight is 252 g/mol. The summed E-state index contributed by atoms with van der Waals surface area (Å²) in [6.45, 7) is 4.51. The third-order valence-electron chi connectivity index (χ3n) is 3.35. The van der Waals surface area contributed by atoms with Crippen molar-refractivity contribution in [2.75, 3.05) is 6.54 Å². The third kappa shape index (κ3) is 4.42. The van der Waals surface area contributed by atoms with Gasteiger partial charge in [0.05, 0.1) is 11.8 Å². The first-order valence-electron chi connectivity index (χ1n) is 7.15. The molecule has 1 aromatic rings. The van der Waals surface area contributed by atoms with Crippen LogP contribution in [0, 0.1) is 0 Å². The van der Waals surface area contributed by atoms with Crippen LogP contribution in [-0.4, -0.2) is 17.8 Å². The molecule has 0 bridgehead atoms. The Balaban J connectivity index is 1.69. The first kappa shape index (κ1) is 13.6. The smallest absolute Gasteiger partial charge is 0.162 e. The van der Waals surface area contributed by atoms with E-state index in [-0.39, 0.29) is 0 Å². The summed E-state index contributed by atoms with van der Waals surface area (Å²) in [7, 11) is 0. The Hall–Kier alpha value is -0.870. The van der Waals surface area contributed by atoms with E-state index in [9.17, 15) is 0 Å². The number of hydrogen-bond acceptors (Lipinski definition) is 4. The molecule has 1 aromatic heterocycles. The minimum atomic E-state index is 0.422. The van der Waals surface area contributed by atoms with E-state index in [4.69, 9.17) is 9.26 Å². The number of nitrogens with one attached hydrogen (secondary N) is 1. The van der Waals surface area contributed by atoms with Crippen LogP contribution in [0.4, 0.5) is 0 Å². The molecule has 0 saturated heterocycles. The van der Waals surface area contributed by atoms with E-state index in [1.807, 2.05) is 6.07 Å². The molecule has 0 spiro atoms. The fourth-order valence-electron chi connectivity index (χ4n) is 2.33. The quantitative estimate of drug-likeness (QED) is 0.758. The van der Waals surface area contributed by atoms with Crippen LogP contribution in [-0.2, 0) is 17.9 Å². The zero-order valence-corrected chi connectivity index (χ0v) is 11.3. The Morgan fingerprint density at radius 2 is 2.22 bits per heavy atom. The lowest BCUT2D eigenvalue weighted by Gasteiger charge is -2.21. The fraction of sp³-hybridized carbons (Fsp3) is 0.786. The van der Waals surface area contributed by atoms with Gasteiger partial charge in [-0.3, -0.25) is 0 Å². The molecule has 0 aliphatic heterocycles. The summed E-state index contributed by atoms with van der Waals surface area (Å²) in [5.41, 5.74) is 0.964. The number of rotatable bonds is 7. The van der Waals surface area contributed by atoms with Crippen molar-refractivity contribution in [3.8, 4) is 0 Å². The van der Waals surface area contributed by atoms with Crippen LogP contribution in [0.1, 0.15) is 56.9 Å². The summed E-state index contributed by atoms with van der Waals surface area (Å²) in [6.07, 6.45) is 7.90. The third-order valence-corrected chi connectivity index (χ3v) is 3.35. The van der Waals surface area contributed by atoms with E-state index in [0.29, 0.717) is 12.7 Å². The Morgan fingerprint density at radius 3 is 3.00 bits per heavy atom. The Kier molecular flexibility index (Phi) is 5.68. The highest BCUT2D eigenvalue weighted by Gasteiger charge is 2.14. The van der Waals surface area contributed by atoms with E-state index < -0.39 is 0 Å². The van der Waals surface area contributed by atoms with Gasteiger partial charge >= 0.3 is 0 Å². The molecule has 102 valence electrons. The molecule has 1 heterocycles. The molecule has 0 atom stereocenters. The summed E-state index contributed by atoms with van der Waals surface area (Å²) >= 11 is 0. The fourth-order valence-corrected chi connectivity index (χ4v) is 2.33. The van der Waals surface area contributed by atoms with Crippen molar-refractivity contribution in [1.29, 1.82) is 0 Å². The van der Waals surface area contributed by atoms with Gasteiger partial charge in [-0.15, -0.1) is 0 Å². The van der Waals surface area contributed by atoms with Gasteiger partial charge in [-0.05, 0) is 25.8 Å². The van der Waals surface area contributed by atoms with Crippen LogP contribution in [0.3, 0.4) is 0 Å². The number of aromatic nitrogens is 1. The Morgan fingerprint density at radius 1 is 1.39 bits per heavy atom. The summed E-state index contributed by atoms with van der Waals surface area (Å²) in [4.78, 5) is 0. The summed E-state index contributed by atoms with van der Waals surface area (Å²) in [6, 6.07) is 1.99. The molecule has 0 aromatic carbocycles. The van der Waals surface area contributed by atoms with Gasteiger partial charge in [0.1, 0.15) is 6.61 Å². The monoisotopic (exact) mass is 252 g/mol. The number of hydrogen-bond donors (Lipinski definition) is 1. The van der Waals surface area contributed by atoms with Crippen molar-refractivity contribution in [1.82, 2.24) is 10.5 Å². The van der Waals surface area contributed by atoms with E-state index >= 15 is 0 Å². The van der Waals surface area contributed by atoms with Crippen LogP contribution in [0.5, 0.6) is 0 Å². The van der Waals surface area contributed by atoms with E-state index in [1.165, 1.54) is 32.1 Å². The molecular weight excluding hydrogens is 228 g/mol. The molecule has 1 aliphatic rings. The van der Waals surface area contributed by atoms with Gasteiger partial charge in [0.2, 0.25) is 0 Å². The maximum Gasteiger partial charge on any atom is 0.162 e. The number of nitrogens with zero attached hydrogens (tertiary/aromatic N) is 1. The highest BCUT2D eigenvalue weighted by Crippen LogP contribution is 2.21. The van der Waals surface area contributed by atoms with Crippen LogP contribution < -0.4 is 5.32 Å². The molecule has 0 radical (unpaired) electrons. The van der Waals surface area contributed by atoms with Crippen LogP contribution in [0.25, 0.3) is 0 Å². The number of ether oxygens (including phenoxy) is 1. The highest BCUT2D eigenvalue weighted by molar-refractivity contribution is 5.04. The first-order valence-corrected chi connectivity index (χ1v) is 7.15. The molecule has 2 rings (SSSR count). The van der Waals surface area contributed by atoms with Gasteiger partial charge in [-0.2, -0.15) is 0 Å². The van der Waals surface area contributed by atoms with Crippen molar-refractivity contribution >= 4 is 0 Å². The molecule has 18 heavy (non-hydrogen) atoms. The summed E-state index contributed by atoms with van der Waals surface area (Å²) in [5, 5.41) is 7.34. The van der Waals surface area contributed by atoms with E-state index in [2.05, 4.69) is 17.4 Å². The van der Waals surface area contributed by atoms with Crippen LogP contribution in [0.15, 0.2) is 10.6 Å². The van der Waals surface area contributed by atoms with Crippen molar-refractivity contribution < 1.29 is 9.26 Å². The lowest BCUT2D eigenvalue weighted by Crippen LogP contribution is -2.16. The second kappa shape index (κ2) is 7.54. The second-order valence-corrected chi connectivity index (χ2v) is 5.03. The summed E-state index contributed by atoms with van der Waals surface area (Å²) in [5.74, 6) is 0.842. The SMILES string of the molecule is CCCNCc1cc(COC2CCCCC2)on1. The normalized spacial score (nSPS) is 17.2. The zero-order chi connectivity index (χ0) is 12.6. The predicted molar refractivity (Wildman–Crippen MR) is 70.2 cm³/mol. The first-order chi connectivity index (χ1) is 8.88. The zero-order valence-electron chi connectivity index (χ0n) is 11.3. The van der Waals surface area contributed by atoms with Crippen molar-refractivity contribution in [2.45, 2.75) is 64.7 Å². The minimum absolute atomic E-state index is 0.422. The molecule has 0 amide bonds. The maximum atomic E-state index is 5.85. The Bertz CT molecular complexity index is 332. The van der Waals surface area contributed by atoms with Crippen molar-refractivity contribution in [3.05, 3.63) is 17.5 Å². The maximum absolute atomic E-state index is 5.85. The molecule has 1 aliphatic carbocycles. The van der Waals surface area contributed by atoms with Gasteiger partial charge in [0.25, 0.3) is 0 Å². The molecular formula is C14H24N2O2. The predicted octanol–water partition coefficient (Wildman–Crippen LogP) is 3.02. The van der Waals surface area contributed by atoms with Crippen LogP contribution in [0.2, 0.25) is 0 Å². The topological polar surface area (TPSA) is 47.3 Å². The van der Waals surface area contributed by atoms with Gasteiger partial charge < -0.3 is 14.6 Å². The molecule has 1 N–H and O–H groups in total. The van der Waals surface area contributed by atoms with E-state index in [0.717, 1.165) is 31.0 Å². The Labute approximate surface area is 109 Å². The lowest BCUT2D eigenvalue weighted by molar-refractivity contribution is 0.00667. The van der Waals surface area contributed by atoms with Crippen molar-refractivity contribution in [3.63, 3.8) is 0 Å². The standard InChI is InChI=1S/C14H24N2O2/c1-2-8-15-10-12-9-14(18-16-12)11-17-13-6-4-3-5-7-13/h9,13,15H,2-8,10-11H2,1H3.